The third kappa shape index (κ3) is 4.04. The van der Waals surface area contributed by atoms with Gasteiger partial charge in [0.15, 0.2) is 5.96 Å². The van der Waals surface area contributed by atoms with Crippen LogP contribution in [0, 0.1) is 11.3 Å². The molecule has 3 fully saturated rings. The number of likely N-dealkylation sites (tertiary alicyclic amines) is 1. The van der Waals surface area contributed by atoms with Crippen LogP contribution in [-0.4, -0.2) is 49.7 Å². The molecule has 1 aliphatic carbocycles. The number of rotatable bonds is 5. The smallest absolute Gasteiger partial charge is 0.188 e. The monoisotopic (exact) mass is 356 g/mol. The van der Waals surface area contributed by atoms with Crippen molar-refractivity contribution >= 4 is 5.96 Å². The van der Waals surface area contributed by atoms with E-state index in [2.05, 4.69) is 40.5 Å². The Balaban J connectivity index is 1.41. The first-order valence-corrected chi connectivity index (χ1v) is 10.1. The van der Waals surface area contributed by atoms with Crippen LogP contribution in [0.5, 0.6) is 0 Å². The zero-order chi connectivity index (χ0) is 17.8. The highest BCUT2D eigenvalue weighted by Crippen LogP contribution is 2.44. The predicted octanol–water partition coefficient (Wildman–Crippen LogP) is 2.37. The molecule has 1 aromatic rings. The van der Waals surface area contributed by atoms with Gasteiger partial charge in [-0.15, -0.1) is 0 Å². The van der Waals surface area contributed by atoms with Crippen LogP contribution < -0.4 is 11.1 Å². The highest BCUT2D eigenvalue weighted by atomic mass is 16.5. The fraction of sp³-hybridized carbons (Fsp3) is 0.667. The Morgan fingerprint density at radius 3 is 2.69 bits per heavy atom. The molecule has 2 saturated heterocycles. The minimum absolute atomic E-state index is 0.341. The van der Waals surface area contributed by atoms with Gasteiger partial charge in [0, 0.05) is 45.4 Å². The lowest BCUT2D eigenvalue weighted by Gasteiger charge is -2.37. The van der Waals surface area contributed by atoms with Crippen LogP contribution in [0.4, 0.5) is 0 Å². The lowest BCUT2D eigenvalue weighted by molar-refractivity contribution is 0.00110. The Kier molecular flexibility index (Phi) is 5.46. The number of hydrogen-bond donors (Lipinski definition) is 2. The molecule has 1 aromatic carbocycles. The average molecular weight is 357 g/mol. The molecular weight excluding hydrogens is 324 g/mol. The molecule has 2 heterocycles. The Hall–Kier alpha value is -1.59. The number of aliphatic imine (C=N–C) groups is 1. The van der Waals surface area contributed by atoms with Crippen LogP contribution in [0.3, 0.4) is 0 Å². The first-order chi connectivity index (χ1) is 12.7. The summed E-state index contributed by atoms with van der Waals surface area (Å²) in [6, 6.07) is 11.3. The number of benzene rings is 1. The van der Waals surface area contributed by atoms with Gasteiger partial charge in [0.25, 0.3) is 0 Å². The molecule has 0 amide bonds. The van der Waals surface area contributed by atoms with Crippen LogP contribution in [0.1, 0.15) is 37.7 Å². The largest absolute Gasteiger partial charge is 0.381 e. The highest BCUT2D eigenvalue weighted by Gasteiger charge is 2.46. The third-order valence-electron chi connectivity index (χ3n) is 6.56. The molecule has 142 valence electrons. The van der Waals surface area contributed by atoms with Gasteiger partial charge < -0.3 is 15.8 Å². The molecule has 1 saturated carbocycles. The maximum absolute atomic E-state index is 6.14. The van der Waals surface area contributed by atoms with Gasteiger partial charge in [0.2, 0.25) is 0 Å². The quantitative estimate of drug-likeness (QED) is 0.628. The Labute approximate surface area is 157 Å². The van der Waals surface area contributed by atoms with Crippen LogP contribution in [0.25, 0.3) is 0 Å². The topological polar surface area (TPSA) is 62.9 Å². The van der Waals surface area contributed by atoms with Crippen molar-refractivity contribution in [3.63, 3.8) is 0 Å². The number of ether oxygens (including phenoxy) is 1. The van der Waals surface area contributed by atoms with Gasteiger partial charge in [0.1, 0.15) is 0 Å². The molecule has 1 atom stereocenters. The van der Waals surface area contributed by atoms with Crippen molar-refractivity contribution in [1.29, 1.82) is 0 Å². The summed E-state index contributed by atoms with van der Waals surface area (Å²) >= 11 is 0. The highest BCUT2D eigenvalue weighted by molar-refractivity contribution is 5.78. The lowest BCUT2D eigenvalue weighted by Crippen LogP contribution is -2.44. The number of nitrogens with one attached hydrogen (secondary N) is 1. The van der Waals surface area contributed by atoms with Crippen molar-refractivity contribution in [2.45, 2.75) is 44.7 Å². The van der Waals surface area contributed by atoms with Gasteiger partial charge >= 0.3 is 0 Å². The normalized spacial score (nSPS) is 26.8. The van der Waals surface area contributed by atoms with E-state index in [0.29, 0.717) is 23.3 Å². The summed E-state index contributed by atoms with van der Waals surface area (Å²) in [7, 11) is 0. The molecule has 26 heavy (non-hydrogen) atoms. The maximum atomic E-state index is 6.14. The van der Waals surface area contributed by atoms with E-state index >= 15 is 0 Å². The van der Waals surface area contributed by atoms with E-state index in [1.807, 2.05) is 0 Å². The van der Waals surface area contributed by atoms with Crippen molar-refractivity contribution in [2.24, 2.45) is 22.1 Å². The summed E-state index contributed by atoms with van der Waals surface area (Å²) in [6.07, 6.45) is 6.06. The summed E-state index contributed by atoms with van der Waals surface area (Å²) in [5.41, 5.74) is 7.87. The van der Waals surface area contributed by atoms with E-state index in [1.54, 1.807) is 0 Å². The second kappa shape index (κ2) is 7.97. The first kappa shape index (κ1) is 17.8. The first-order valence-electron chi connectivity index (χ1n) is 10.1. The second-order valence-corrected chi connectivity index (χ2v) is 8.32. The maximum Gasteiger partial charge on any atom is 0.188 e. The summed E-state index contributed by atoms with van der Waals surface area (Å²) in [5.74, 6) is 1.20. The van der Waals surface area contributed by atoms with Crippen molar-refractivity contribution in [2.75, 3.05) is 32.8 Å². The van der Waals surface area contributed by atoms with E-state index in [-0.39, 0.29) is 0 Å². The van der Waals surface area contributed by atoms with Gasteiger partial charge in [-0.3, -0.25) is 9.89 Å². The molecule has 4 rings (SSSR count). The van der Waals surface area contributed by atoms with Gasteiger partial charge in [-0.1, -0.05) is 30.3 Å². The number of nitrogens with zero attached hydrogens (tertiary/aromatic N) is 2. The molecular formula is C21H32N4O. The van der Waals surface area contributed by atoms with Crippen LogP contribution in [0.2, 0.25) is 0 Å². The van der Waals surface area contributed by atoms with Crippen molar-refractivity contribution in [1.82, 2.24) is 10.2 Å². The molecule has 5 heteroatoms. The summed E-state index contributed by atoms with van der Waals surface area (Å²) in [4.78, 5) is 7.34. The molecule has 1 unspecified atom stereocenters. The zero-order valence-corrected chi connectivity index (χ0v) is 15.7. The van der Waals surface area contributed by atoms with Gasteiger partial charge in [-0.2, -0.15) is 0 Å². The number of hydrogen-bond acceptors (Lipinski definition) is 3. The molecule has 0 radical (unpaired) electrons. The predicted molar refractivity (Wildman–Crippen MR) is 105 cm³/mol. The fourth-order valence-corrected chi connectivity index (χ4v) is 4.72. The summed E-state index contributed by atoms with van der Waals surface area (Å²) in [6.45, 7) is 5.89. The van der Waals surface area contributed by atoms with Gasteiger partial charge in [0.05, 0.1) is 0 Å². The SMILES string of the molecule is NC(=NCC1CN(Cc2ccccc2)CC12CCOCC2)NC1CCC1. The van der Waals surface area contributed by atoms with E-state index in [0.717, 1.165) is 52.2 Å². The van der Waals surface area contributed by atoms with Gasteiger partial charge in [-0.05, 0) is 49.0 Å². The van der Waals surface area contributed by atoms with Crippen molar-refractivity contribution < 1.29 is 4.74 Å². The summed E-state index contributed by atoms with van der Waals surface area (Å²) < 4.78 is 5.67. The van der Waals surface area contributed by atoms with Crippen LogP contribution in [-0.2, 0) is 11.3 Å². The number of nitrogens with two attached hydrogens (primary N) is 1. The Morgan fingerprint density at radius 1 is 1.23 bits per heavy atom. The fourth-order valence-electron chi connectivity index (χ4n) is 4.72. The minimum atomic E-state index is 0.341. The Bertz CT molecular complexity index is 608. The zero-order valence-electron chi connectivity index (χ0n) is 15.7. The minimum Gasteiger partial charge on any atom is -0.381 e. The van der Waals surface area contributed by atoms with E-state index in [4.69, 9.17) is 15.5 Å². The molecule has 1 spiro atoms. The van der Waals surface area contributed by atoms with Crippen LogP contribution in [0.15, 0.2) is 35.3 Å². The molecule has 0 bridgehead atoms. The molecule has 3 aliphatic rings. The lowest BCUT2D eigenvalue weighted by atomic mass is 9.72. The van der Waals surface area contributed by atoms with E-state index in [1.165, 1.54) is 24.8 Å². The number of guanidine groups is 1. The van der Waals surface area contributed by atoms with E-state index < -0.39 is 0 Å². The van der Waals surface area contributed by atoms with Gasteiger partial charge in [-0.25, -0.2) is 0 Å². The van der Waals surface area contributed by atoms with Crippen molar-refractivity contribution in [3.8, 4) is 0 Å². The third-order valence-corrected chi connectivity index (χ3v) is 6.56. The molecule has 2 aliphatic heterocycles. The standard InChI is InChI=1S/C21H32N4O/c22-20(24-19-7-4-8-19)23-13-18-15-25(14-17-5-2-1-3-6-17)16-21(18)9-11-26-12-10-21/h1-3,5-6,18-19H,4,7-16H2,(H3,22,23,24). The Morgan fingerprint density at radius 2 is 2.00 bits per heavy atom. The molecule has 0 aromatic heterocycles. The summed E-state index contributed by atoms with van der Waals surface area (Å²) in [5, 5.41) is 3.37. The van der Waals surface area contributed by atoms with Crippen LogP contribution >= 0.6 is 0 Å². The second-order valence-electron chi connectivity index (χ2n) is 8.32. The van der Waals surface area contributed by atoms with Crippen molar-refractivity contribution in [3.05, 3.63) is 35.9 Å². The molecule has 3 N–H and O–H groups in total. The van der Waals surface area contributed by atoms with E-state index in [9.17, 15) is 0 Å². The molecule has 5 nitrogen and oxygen atoms in total. The average Bonchev–Trinajstić information content (AvgIpc) is 2.94.